The predicted molar refractivity (Wildman–Crippen MR) is 127 cm³/mol. The highest BCUT2D eigenvalue weighted by molar-refractivity contribution is 6.05. The molecule has 0 saturated carbocycles. The van der Waals surface area contributed by atoms with E-state index in [2.05, 4.69) is 43.5 Å². The third-order valence-corrected chi connectivity index (χ3v) is 5.26. The number of amides is 2. The van der Waals surface area contributed by atoms with Crippen molar-refractivity contribution in [2.45, 2.75) is 46.1 Å². The molecule has 2 N–H and O–H groups in total. The lowest BCUT2D eigenvalue weighted by Gasteiger charge is -2.21. The molecule has 0 radical (unpaired) electrons. The van der Waals surface area contributed by atoms with Crippen LogP contribution in [0.5, 0.6) is 0 Å². The Morgan fingerprint density at radius 3 is 2.19 bits per heavy atom. The van der Waals surface area contributed by atoms with E-state index in [0.29, 0.717) is 11.3 Å². The van der Waals surface area contributed by atoms with Crippen molar-refractivity contribution in [2.24, 2.45) is 0 Å². The van der Waals surface area contributed by atoms with Crippen LogP contribution < -0.4 is 10.6 Å². The lowest BCUT2D eigenvalue weighted by atomic mass is 9.86. The molecule has 0 fully saturated rings. The molecule has 5 heteroatoms. The summed E-state index contributed by atoms with van der Waals surface area (Å²) in [6, 6.07) is 18.6. The zero-order valence-electron chi connectivity index (χ0n) is 19.2. The lowest BCUT2D eigenvalue weighted by molar-refractivity contribution is -0.118. The fourth-order valence-electron chi connectivity index (χ4n) is 3.20. The van der Waals surface area contributed by atoms with Gasteiger partial charge in [-0.1, -0.05) is 62.7 Å². The minimum atomic E-state index is -0.394. The van der Waals surface area contributed by atoms with Crippen LogP contribution in [0.2, 0.25) is 0 Å². The molecule has 0 aliphatic heterocycles. The largest absolute Gasteiger partial charge is 0.465 e. The van der Waals surface area contributed by atoms with Crippen LogP contribution in [-0.4, -0.2) is 11.8 Å². The van der Waals surface area contributed by atoms with Gasteiger partial charge in [-0.05, 0) is 54.7 Å². The fourth-order valence-corrected chi connectivity index (χ4v) is 3.20. The molecule has 0 spiro atoms. The average Bonchev–Trinajstić information content (AvgIpc) is 3.26. The molecule has 1 aromatic heterocycles. The molecule has 2 aromatic carbocycles. The van der Waals surface area contributed by atoms with Crippen LogP contribution in [0.3, 0.4) is 0 Å². The maximum absolute atomic E-state index is 13.1. The van der Waals surface area contributed by atoms with Gasteiger partial charge in [0.25, 0.3) is 11.8 Å². The minimum Gasteiger partial charge on any atom is -0.465 e. The maximum Gasteiger partial charge on any atom is 0.268 e. The first-order valence-corrected chi connectivity index (χ1v) is 10.7. The first kappa shape index (κ1) is 23.1. The van der Waals surface area contributed by atoms with Gasteiger partial charge in [0, 0.05) is 11.6 Å². The van der Waals surface area contributed by atoms with Crippen molar-refractivity contribution in [3.05, 3.63) is 101 Å². The van der Waals surface area contributed by atoms with Gasteiger partial charge in [0.1, 0.15) is 11.5 Å². The Kier molecular flexibility index (Phi) is 6.98. The van der Waals surface area contributed by atoms with Crippen LogP contribution in [-0.2, 0) is 10.2 Å². The molecule has 1 heterocycles. The van der Waals surface area contributed by atoms with E-state index in [0.717, 1.165) is 11.1 Å². The van der Waals surface area contributed by atoms with Gasteiger partial charge in [0.05, 0.1) is 12.3 Å². The molecule has 5 nitrogen and oxygen atoms in total. The van der Waals surface area contributed by atoms with Gasteiger partial charge in [-0.25, -0.2) is 0 Å². The maximum atomic E-state index is 13.1. The van der Waals surface area contributed by atoms with E-state index in [1.54, 1.807) is 24.3 Å². The molecule has 0 saturated heterocycles. The normalized spacial score (nSPS) is 12.8. The van der Waals surface area contributed by atoms with E-state index in [9.17, 15) is 9.59 Å². The Morgan fingerprint density at radius 1 is 0.969 bits per heavy atom. The zero-order chi connectivity index (χ0) is 23.3. The van der Waals surface area contributed by atoms with E-state index in [1.165, 1.54) is 17.9 Å². The highest BCUT2D eigenvalue weighted by Gasteiger charge is 2.19. The van der Waals surface area contributed by atoms with Gasteiger partial charge >= 0.3 is 0 Å². The van der Waals surface area contributed by atoms with Crippen molar-refractivity contribution >= 4 is 17.9 Å². The van der Waals surface area contributed by atoms with Crippen molar-refractivity contribution in [1.82, 2.24) is 10.6 Å². The highest BCUT2D eigenvalue weighted by Crippen LogP contribution is 2.24. The van der Waals surface area contributed by atoms with Crippen LogP contribution in [0, 0.1) is 6.92 Å². The van der Waals surface area contributed by atoms with E-state index in [-0.39, 0.29) is 23.1 Å². The summed E-state index contributed by atoms with van der Waals surface area (Å²) in [5.74, 6) is -0.282. The Morgan fingerprint density at radius 2 is 1.62 bits per heavy atom. The number of carbonyl (C=O) groups is 2. The quantitative estimate of drug-likeness (QED) is 0.505. The summed E-state index contributed by atoms with van der Waals surface area (Å²) in [6.07, 6.45) is 3.04. The molecular weight excluding hydrogens is 400 g/mol. The molecule has 3 rings (SSSR count). The topological polar surface area (TPSA) is 71.3 Å². The van der Waals surface area contributed by atoms with Gasteiger partial charge in [0.2, 0.25) is 0 Å². The third-order valence-electron chi connectivity index (χ3n) is 5.26. The number of hydrogen-bond donors (Lipinski definition) is 2. The van der Waals surface area contributed by atoms with Crippen LogP contribution >= 0.6 is 0 Å². The van der Waals surface area contributed by atoms with Crippen molar-refractivity contribution in [1.29, 1.82) is 0 Å². The van der Waals surface area contributed by atoms with E-state index in [1.807, 2.05) is 38.1 Å². The summed E-state index contributed by atoms with van der Waals surface area (Å²) >= 11 is 0. The van der Waals surface area contributed by atoms with E-state index in [4.69, 9.17) is 4.42 Å². The standard InChI is InChI=1S/C27H30N2O3/c1-18-8-10-21(11-9-18)25(30)29-24(17-23-7-6-16-32-23)26(31)28-19(2)20-12-14-22(15-13-20)27(3,4)5/h6-17,19H,1-5H3,(H,28,31)(H,29,30)/b24-17-. The van der Waals surface area contributed by atoms with Crippen LogP contribution in [0.1, 0.15) is 66.5 Å². The molecule has 2 amide bonds. The highest BCUT2D eigenvalue weighted by atomic mass is 16.3. The molecule has 166 valence electrons. The summed E-state index contributed by atoms with van der Waals surface area (Å²) in [6.45, 7) is 10.4. The van der Waals surface area contributed by atoms with Crippen molar-refractivity contribution < 1.29 is 14.0 Å². The number of rotatable bonds is 6. The van der Waals surface area contributed by atoms with Gasteiger partial charge < -0.3 is 15.1 Å². The van der Waals surface area contributed by atoms with Gasteiger partial charge in [0.15, 0.2) is 0 Å². The summed E-state index contributed by atoms with van der Waals surface area (Å²) in [7, 11) is 0. The summed E-state index contributed by atoms with van der Waals surface area (Å²) in [4.78, 5) is 25.8. The van der Waals surface area contributed by atoms with Gasteiger partial charge in [-0.2, -0.15) is 0 Å². The van der Waals surface area contributed by atoms with Crippen LogP contribution in [0.4, 0.5) is 0 Å². The van der Waals surface area contributed by atoms with Gasteiger partial charge in [-0.15, -0.1) is 0 Å². The molecular formula is C27H30N2O3. The molecule has 1 atom stereocenters. The first-order chi connectivity index (χ1) is 15.1. The molecule has 32 heavy (non-hydrogen) atoms. The average molecular weight is 431 g/mol. The second-order valence-electron chi connectivity index (χ2n) is 8.96. The smallest absolute Gasteiger partial charge is 0.268 e. The Labute approximate surface area is 189 Å². The molecule has 3 aromatic rings. The number of carbonyl (C=O) groups excluding carboxylic acids is 2. The molecule has 1 unspecified atom stereocenters. The summed E-state index contributed by atoms with van der Waals surface area (Å²) in [5, 5.41) is 5.70. The number of hydrogen-bond acceptors (Lipinski definition) is 3. The SMILES string of the molecule is Cc1ccc(C(=O)N/C(=C\c2ccco2)C(=O)NC(C)c2ccc(C(C)(C)C)cc2)cc1. The predicted octanol–water partition coefficient (Wildman–Crippen LogP) is 5.53. The van der Waals surface area contributed by atoms with Gasteiger partial charge in [-0.3, -0.25) is 9.59 Å². The third kappa shape index (κ3) is 5.97. The second kappa shape index (κ2) is 9.69. The van der Waals surface area contributed by atoms with Crippen LogP contribution in [0.15, 0.2) is 77.0 Å². The number of aryl methyl sites for hydroxylation is 1. The number of nitrogens with one attached hydrogen (secondary N) is 2. The Bertz CT molecular complexity index is 1090. The fraction of sp³-hybridized carbons (Fsp3) is 0.259. The zero-order valence-corrected chi connectivity index (χ0v) is 19.2. The Balaban J connectivity index is 1.78. The Hall–Kier alpha value is -3.60. The summed E-state index contributed by atoms with van der Waals surface area (Å²) < 4.78 is 5.34. The van der Waals surface area contributed by atoms with Crippen molar-refractivity contribution in [3.8, 4) is 0 Å². The van der Waals surface area contributed by atoms with Crippen molar-refractivity contribution in [3.63, 3.8) is 0 Å². The van der Waals surface area contributed by atoms with E-state index >= 15 is 0 Å². The van der Waals surface area contributed by atoms with Crippen molar-refractivity contribution in [2.75, 3.05) is 0 Å². The number of furan rings is 1. The molecule has 0 aliphatic rings. The number of benzene rings is 2. The lowest BCUT2D eigenvalue weighted by Crippen LogP contribution is -2.36. The monoisotopic (exact) mass is 430 g/mol. The molecule has 0 aliphatic carbocycles. The molecule has 0 bridgehead atoms. The summed E-state index contributed by atoms with van der Waals surface area (Å²) in [5.41, 5.74) is 3.90. The van der Waals surface area contributed by atoms with Crippen LogP contribution in [0.25, 0.3) is 6.08 Å². The van der Waals surface area contributed by atoms with E-state index < -0.39 is 5.91 Å². The minimum absolute atomic E-state index is 0.0597. The second-order valence-corrected chi connectivity index (χ2v) is 8.96. The first-order valence-electron chi connectivity index (χ1n) is 10.7.